The maximum Gasteiger partial charge on any atom is 0.131 e. The summed E-state index contributed by atoms with van der Waals surface area (Å²) < 4.78 is 8.66. The first-order valence-electron chi connectivity index (χ1n) is 9.26. The van der Waals surface area contributed by atoms with Gasteiger partial charge in [-0.15, -0.1) is 0 Å². The quantitative estimate of drug-likeness (QED) is 0.429. The van der Waals surface area contributed by atoms with Gasteiger partial charge in [-0.05, 0) is 42.8 Å². The Morgan fingerprint density at radius 2 is 1.69 bits per heavy atom. The topological polar surface area (TPSA) is 67.3 Å². The molecular formula is C23H17N5S. The zero-order valence-corrected chi connectivity index (χ0v) is 16.5. The molecule has 0 bridgehead atoms. The van der Waals surface area contributed by atoms with Crippen LogP contribution in [0.2, 0.25) is 0 Å². The van der Waals surface area contributed by atoms with Crippen molar-refractivity contribution in [2.45, 2.75) is 6.92 Å². The van der Waals surface area contributed by atoms with E-state index < -0.39 is 0 Å². The van der Waals surface area contributed by atoms with Gasteiger partial charge in [-0.1, -0.05) is 48.5 Å². The Kier molecular flexibility index (Phi) is 4.46. The summed E-state index contributed by atoms with van der Waals surface area (Å²) in [7, 11) is 0. The van der Waals surface area contributed by atoms with Crippen molar-refractivity contribution >= 4 is 34.9 Å². The number of hydrogen-bond donors (Lipinski definition) is 1. The van der Waals surface area contributed by atoms with Gasteiger partial charge in [0.2, 0.25) is 0 Å². The molecule has 0 aliphatic rings. The molecule has 1 N–H and O–H groups in total. The highest BCUT2D eigenvalue weighted by atomic mass is 32.1. The number of rotatable bonds is 4. The summed E-state index contributed by atoms with van der Waals surface area (Å²) in [5.74, 6) is 0.777. The van der Waals surface area contributed by atoms with E-state index in [1.165, 1.54) is 11.7 Å². The van der Waals surface area contributed by atoms with E-state index in [0.717, 1.165) is 50.8 Å². The van der Waals surface area contributed by atoms with Crippen LogP contribution in [-0.2, 0) is 0 Å². The molecule has 0 atom stereocenters. The fraction of sp³-hybridized carbons (Fsp3) is 0.0435. The van der Waals surface area contributed by atoms with Gasteiger partial charge in [-0.3, -0.25) is 4.98 Å². The molecule has 29 heavy (non-hydrogen) atoms. The summed E-state index contributed by atoms with van der Waals surface area (Å²) in [5, 5.41) is 0. The van der Waals surface area contributed by atoms with Gasteiger partial charge in [0.15, 0.2) is 0 Å². The summed E-state index contributed by atoms with van der Waals surface area (Å²) in [6.07, 6.45) is 4.03. The van der Waals surface area contributed by atoms with Crippen molar-refractivity contribution in [2.75, 3.05) is 0 Å². The second-order valence-corrected chi connectivity index (χ2v) is 7.25. The first-order chi connectivity index (χ1) is 14.3. The van der Waals surface area contributed by atoms with E-state index in [1.54, 1.807) is 0 Å². The Bertz CT molecular complexity index is 1320. The number of benzene rings is 2. The highest BCUT2D eigenvalue weighted by Crippen LogP contribution is 2.31. The van der Waals surface area contributed by atoms with Gasteiger partial charge >= 0.3 is 0 Å². The predicted octanol–water partition coefficient (Wildman–Crippen LogP) is 5.62. The number of aryl methyl sites for hydroxylation is 1. The van der Waals surface area contributed by atoms with E-state index in [9.17, 15) is 0 Å². The van der Waals surface area contributed by atoms with Crippen LogP contribution in [-0.4, -0.2) is 23.7 Å². The van der Waals surface area contributed by atoms with Crippen molar-refractivity contribution < 1.29 is 0 Å². The molecule has 0 unspecified atom stereocenters. The van der Waals surface area contributed by atoms with E-state index in [4.69, 9.17) is 9.97 Å². The fourth-order valence-corrected chi connectivity index (χ4v) is 3.73. The summed E-state index contributed by atoms with van der Waals surface area (Å²) in [5.41, 5.74) is 7.45. The van der Waals surface area contributed by atoms with Crippen molar-refractivity contribution in [1.29, 1.82) is 0 Å². The van der Waals surface area contributed by atoms with Crippen LogP contribution < -0.4 is 0 Å². The maximum absolute atomic E-state index is 4.87. The van der Waals surface area contributed by atoms with E-state index in [2.05, 4.69) is 25.9 Å². The number of aromatic nitrogens is 5. The van der Waals surface area contributed by atoms with Gasteiger partial charge < -0.3 is 4.98 Å². The standard InChI is InChI=1S/C23H17N5S/c1-15-6-5-9-19(24-15)23-22(17-11-12-18-20(14-17)28-29-27-18)25-21(26-23)13-10-16-7-3-2-4-8-16/h2-14H,1H3,(H,25,26)/b13-10+. The minimum Gasteiger partial charge on any atom is -0.337 e. The Morgan fingerprint density at radius 1 is 0.828 bits per heavy atom. The number of aromatic amines is 1. The predicted molar refractivity (Wildman–Crippen MR) is 118 cm³/mol. The summed E-state index contributed by atoms with van der Waals surface area (Å²) in [6, 6.07) is 22.2. The van der Waals surface area contributed by atoms with E-state index in [0.29, 0.717) is 0 Å². The molecule has 0 aliphatic carbocycles. The Balaban J connectivity index is 1.63. The summed E-state index contributed by atoms with van der Waals surface area (Å²) in [4.78, 5) is 13.0. The molecule has 5 aromatic rings. The SMILES string of the molecule is Cc1cccc(-c2[nH]c(/C=C/c3ccccc3)nc2-c2ccc3nsnc3c2)n1. The fourth-order valence-electron chi connectivity index (χ4n) is 3.22. The van der Waals surface area contributed by atoms with Gasteiger partial charge in [-0.2, -0.15) is 8.75 Å². The minimum absolute atomic E-state index is 0.777. The molecule has 0 fully saturated rings. The molecule has 0 aliphatic heterocycles. The smallest absolute Gasteiger partial charge is 0.131 e. The third-order valence-corrected chi connectivity index (χ3v) is 5.18. The lowest BCUT2D eigenvalue weighted by atomic mass is 10.1. The molecular weight excluding hydrogens is 378 g/mol. The van der Waals surface area contributed by atoms with Crippen LogP contribution in [0.1, 0.15) is 17.1 Å². The van der Waals surface area contributed by atoms with Crippen molar-refractivity contribution in [3.63, 3.8) is 0 Å². The number of hydrogen-bond acceptors (Lipinski definition) is 5. The molecule has 6 heteroatoms. The Morgan fingerprint density at radius 3 is 2.55 bits per heavy atom. The van der Waals surface area contributed by atoms with Crippen molar-refractivity contribution in [3.05, 3.63) is 83.8 Å². The molecule has 3 aromatic heterocycles. The van der Waals surface area contributed by atoms with Crippen LogP contribution in [0.4, 0.5) is 0 Å². The van der Waals surface area contributed by atoms with Crippen LogP contribution in [0.5, 0.6) is 0 Å². The highest BCUT2D eigenvalue weighted by molar-refractivity contribution is 7.00. The van der Waals surface area contributed by atoms with Gasteiger partial charge in [0, 0.05) is 11.3 Å². The lowest BCUT2D eigenvalue weighted by Crippen LogP contribution is -1.89. The number of H-pyrrole nitrogens is 1. The van der Waals surface area contributed by atoms with Crippen molar-refractivity contribution in [2.24, 2.45) is 0 Å². The Labute approximate surface area is 172 Å². The number of imidazole rings is 1. The minimum atomic E-state index is 0.777. The Hall–Kier alpha value is -3.64. The average Bonchev–Trinajstić information content (AvgIpc) is 3.39. The van der Waals surface area contributed by atoms with Gasteiger partial charge in [0.1, 0.15) is 16.9 Å². The average molecular weight is 395 g/mol. The first kappa shape index (κ1) is 17.5. The monoisotopic (exact) mass is 395 g/mol. The van der Waals surface area contributed by atoms with E-state index >= 15 is 0 Å². The maximum atomic E-state index is 4.87. The van der Waals surface area contributed by atoms with Gasteiger partial charge in [-0.25, -0.2) is 4.98 Å². The first-order valence-corrected chi connectivity index (χ1v) is 9.99. The lowest BCUT2D eigenvalue weighted by molar-refractivity contribution is 1.18. The molecule has 0 spiro atoms. The molecule has 2 aromatic carbocycles. The zero-order chi connectivity index (χ0) is 19.6. The van der Waals surface area contributed by atoms with Gasteiger partial charge in [0.05, 0.1) is 28.8 Å². The third kappa shape index (κ3) is 3.58. The lowest BCUT2D eigenvalue weighted by Gasteiger charge is -2.03. The summed E-state index contributed by atoms with van der Waals surface area (Å²) >= 11 is 1.22. The molecule has 0 amide bonds. The van der Waals surface area contributed by atoms with Crippen LogP contribution in [0.15, 0.2) is 66.7 Å². The van der Waals surface area contributed by atoms with Crippen LogP contribution in [0.25, 0.3) is 45.8 Å². The molecule has 0 saturated carbocycles. The number of fused-ring (bicyclic) bond motifs is 1. The van der Waals surface area contributed by atoms with E-state index in [-0.39, 0.29) is 0 Å². The molecule has 0 saturated heterocycles. The van der Waals surface area contributed by atoms with Crippen LogP contribution >= 0.6 is 11.7 Å². The second-order valence-electron chi connectivity index (χ2n) is 6.72. The number of nitrogens with one attached hydrogen (secondary N) is 1. The van der Waals surface area contributed by atoms with Crippen LogP contribution in [0, 0.1) is 6.92 Å². The van der Waals surface area contributed by atoms with Gasteiger partial charge in [0.25, 0.3) is 0 Å². The zero-order valence-electron chi connectivity index (χ0n) is 15.7. The molecule has 5 rings (SSSR count). The number of pyridine rings is 1. The molecule has 0 radical (unpaired) electrons. The summed E-state index contributed by atoms with van der Waals surface area (Å²) in [6.45, 7) is 1.99. The van der Waals surface area contributed by atoms with E-state index in [1.807, 2.05) is 73.7 Å². The largest absolute Gasteiger partial charge is 0.337 e. The highest BCUT2D eigenvalue weighted by Gasteiger charge is 2.15. The van der Waals surface area contributed by atoms with Crippen LogP contribution in [0.3, 0.4) is 0 Å². The van der Waals surface area contributed by atoms with Crippen molar-refractivity contribution in [1.82, 2.24) is 23.7 Å². The normalized spacial score (nSPS) is 11.5. The molecule has 3 heterocycles. The number of nitrogens with zero attached hydrogens (tertiary/aromatic N) is 4. The third-order valence-electron chi connectivity index (χ3n) is 4.63. The second kappa shape index (κ2) is 7.41. The molecule has 140 valence electrons. The van der Waals surface area contributed by atoms with Crippen molar-refractivity contribution in [3.8, 4) is 22.6 Å². The molecule has 5 nitrogen and oxygen atoms in total.